The molecule has 2 rings (SSSR count). The van der Waals surface area contributed by atoms with Crippen LogP contribution in [0.1, 0.15) is 19.4 Å². The Morgan fingerprint density at radius 2 is 2.00 bits per heavy atom. The van der Waals surface area contributed by atoms with E-state index in [0.29, 0.717) is 12.2 Å². The number of halogens is 1. The lowest BCUT2D eigenvalue weighted by Gasteiger charge is -2.10. The molecule has 0 spiro atoms. The SMILES string of the molecule is CCOc1cc(/C=C(\C#N)C(=O)Nc2ccc(Cl)cc2[N+](=O)[O-])ccc1OC(C)=O. The second-order valence-corrected chi connectivity index (χ2v) is 6.21. The normalized spacial score (nSPS) is 10.7. The highest BCUT2D eigenvalue weighted by molar-refractivity contribution is 6.31. The summed E-state index contributed by atoms with van der Waals surface area (Å²) in [5, 5.41) is 23.0. The van der Waals surface area contributed by atoms with E-state index in [9.17, 15) is 25.0 Å². The number of esters is 1. The molecule has 0 unspecified atom stereocenters. The first kappa shape index (κ1) is 22.4. The van der Waals surface area contributed by atoms with Gasteiger partial charge in [-0.05, 0) is 42.8 Å². The lowest BCUT2D eigenvalue weighted by molar-refractivity contribution is -0.383. The first-order valence-corrected chi connectivity index (χ1v) is 8.95. The number of nitro groups is 1. The fourth-order valence-electron chi connectivity index (χ4n) is 2.39. The minimum absolute atomic E-state index is 0.101. The number of hydrogen-bond acceptors (Lipinski definition) is 7. The average Bonchev–Trinajstić information content (AvgIpc) is 2.68. The van der Waals surface area contributed by atoms with E-state index >= 15 is 0 Å². The molecule has 0 radical (unpaired) electrons. The first-order chi connectivity index (χ1) is 14.2. The van der Waals surface area contributed by atoms with Crippen LogP contribution < -0.4 is 14.8 Å². The highest BCUT2D eigenvalue weighted by atomic mass is 35.5. The van der Waals surface area contributed by atoms with Gasteiger partial charge in [0.05, 0.1) is 11.5 Å². The number of nitrogens with one attached hydrogen (secondary N) is 1. The van der Waals surface area contributed by atoms with Gasteiger partial charge < -0.3 is 14.8 Å². The Hall–Kier alpha value is -3.90. The molecule has 2 aromatic carbocycles. The number of carbonyl (C=O) groups is 2. The molecule has 2 aromatic rings. The van der Waals surface area contributed by atoms with Crippen molar-refractivity contribution >= 4 is 40.9 Å². The summed E-state index contributed by atoms with van der Waals surface area (Å²) in [6.45, 7) is 3.29. The highest BCUT2D eigenvalue weighted by Gasteiger charge is 2.19. The molecule has 0 atom stereocenters. The van der Waals surface area contributed by atoms with Crippen LogP contribution in [-0.4, -0.2) is 23.4 Å². The molecule has 1 amide bonds. The molecule has 0 aromatic heterocycles. The highest BCUT2D eigenvalue weighted by Crippen LogP contribution is 2.30. The topological polar surface area (TPSA) is 132 Å². The Labute approximate surface area is 176 Å². The van der Waals surface area contributed by atoms with Crippen molar-refractivity contribution in [2.45, 2.75) is 13.8 Å². The van der Waals surface area contributed by atoms with E-state index in [-0.39, 0.29) is 27.8 Å². The van der Waals surface area contributed by atoms with Gasteiger partial charge in [0.25, 0.3) is 11.6 Å². The summed E-state index contributed by atoms with van der Waals surface area (Å²) in [6.07, 6.45) is 1.27. The van der Waals surface area contributed by atoms with E-state index in [0.717, 1.165) is 6.07 Å². The molecule has 1 N–H and O–H groups in total. The van der Waals surface area contributed by atoms with Crippen molar-refractivity contribution in [3.05, 3.63) is 62.7 Å². The van der Waals surface area contributed by atoms with Crippen molar-refractivity contribution in [1.82, 2.24) is 0 Å². The molecule has 0 aliphatic carbocycles. The van der Waals surface area contributed by atoms with Gasteiger partial charge in [-0.1, -0.05) is 17.7 Å². The van der Waals surface area contributed by atoms with Gasteiger partial charge in [0.2, 0.25) is 0 Å². The Morgan fingerprint density at radius 3 is 2.60 bits per heavy atom. The molecule has 0 aliphatic heterocycles. The number of ether oxygens (including phenoxy) is 2. The van der Waals surface area contributed by atoms with E-state index in [1.54, 1.807) is 13.0 Å². The summed E-state index contributed by atoms with van der Waals surface area (Å²) in [5.74, 6) is -0.917. The van der Waals surface area contributed by atoms with E-state index in [4.69, 9.17) is 21.1 Å². The van der Waals surface area contributed by atoms with Gasteiger partial charge in [-0.3, -0.25) is 19.7 Å². The number of carbonyl (C=O) groups excluding carboxylic acids is 2. The summed E-state index contributed by atoms with van der Waals surface area (Å²) < 4.78 is 10.5. The quantitative estimate of drug-likeness (QED) is 0.175. The Kier molecular flexibility index (Phi) is 7.50. The third-order valence-corrected chi connectivity index (χ3v) is 3.84. The molecule has 0 saturated heterocycles. The third-order valence-electron chi connectivity index (χ3n) is 3.60. The fourth-order valence-corrected chi connectivity index (χ4v) is 2.55. The minimum atomic E-state index is -0.843. The number of nitrogens with zero attached hydrogens (tertiary/aromatic N) is 2. The zero-order chi connectivity index (χ0) is 22.3. The van der Waals surface area contributed by atoms with Crippen LogP contribution in [0.25, 0.3) is 6.08 Å². The maximum atomic E-state index is 12.5. The molecule has 30 heavy (non-hydrogen) atoms. The summed E-state index contributed by atoms with van der Waals surface area (Å²) in [6, 6.07) is 9.99. The standard InChI is InChI=1S/C20H16ClN3O6/c1-3-29-19-9-13(4-7-18(19)30-12(2)25)8-14(11-22)20(26)23-16-6-5-15(21)10-17(16)24(27)28/h4-10H,3H2,1-2H3,(H,23,26)/b14-8+. The monoisotopic (exact) mass is 429 g/mol. The van der Waals surface area contributed by atoms with Gasteiger partial charge >= 0.3 is 5.97 Å². The maximum Gasteiger partial charge on any atom is 0.308 e. The van der Waals surface area contributed by atoms with Gasteiger partial charge in [0.15, 0.2) is 11.5 Å². The minimum Gasteiger partial charge on any atom is -0.490 e. The van der Waals surface area contributed by atoms with Crippen LogP contribution in [0.15, 0.2) is 42.0 Å². The van der Waals surface area contributed by atoms with Crippen LogP contribution in [0.3, 0.4) is 0 Å². The number of benzene rings is 2. The summed E-state index contributed by atoms with van der Waals surface area (Å²) >= 11 is 5.76. The summed E-state index contributed by atoms with van der Waals surface area (Å²) in [5.41, 5.74) is -0.387. The van der Waals surface area contributed by atoms with Crippen molar-refractivity contribution in [3.8, 4) is 17.6 Å². The van der Waals surface area contributed by atoms with Gasteiger partial charge in [-0.25, -0.2) is 0 Å². The van der Waals surface area contributed by atoms with Crippen LogP contribution in [-0.2, 0) is 9.59 Å². The van der Waals surface area contributed by atoms with Gasteiger partial charge in [0.1, 0.15) is 17.3 Å². The number of anilines is 1. The van der Waals surface area contributed by atoms with Crippen molar-refractivity contribution in [3.63, 3.8) is 0 Å². The lowest BCUT2D eigenvalue weighted by Crippen LogP contribution is -2.14. The van der Waals surface area contributed by atoms with Crippen LogP contribution in [0, 0.1) is 21.4 Å². The largest absolute Gasteiger partial charge is 0.490 e. The molecule has 10 heteroatoms. The van der Waals surface area contributed by atoms with E-state index in [1.165, 1.54) is 43.3 Å². The van der Waals surface area contributed by atoms with Crippen LogP contribution in [0.4, 0.5) is 11.4 Å². The predicted octanol–water partition coefficient (Wildman–Crippen LogP) is 4.12. The van der Waals surface area contributed by atoms with E-state index < -0.39 is 22.5 Å². The van der Waals surface area contributed by atoms with Crippen molar-refractivity contribution < 1.29 is 24.0 Å². The van der Waals surface area contributed by atoms with Crippen LogP contribution >= 0.6 is 11.6 Å². The summed E-state index contributed by atoms with van der Waals surface area (Å²) in [4.78, 5) is 34.1. The molecule has 154 valence electrons. The smallest absolute Gasteiger partial charge is 0.308 e. The zero-order valence-electron chi connectivity index (χ0n) is 16.0. The first-order valence-electron chi connectivity index (χ1n) is 8.57. The van der Waals surface area contributed by atoms with Crippen molar-refractivity contribution in [2.75, 3.05) is 11.9 Å². The number of hydrogen-bond donors (Lipinski definition) is 1. The Balaban J connectivity index is 2.34. The summed E-state index contributed by atoms with van der Waals surface area (Å²) in [7, 11) is 0. The second kappa shape index (κ2) is 10.0. The van der Waals surface area contributed by atoms with E-state index in [2.05, 4.69) is 5.32 Å². The number of amides is 1. The van der Waals surface area contributed by atoms with Crippen LogP contribution in [0.2, 0.25) is 5.02 Å². The van der Waals surface area contributed by atoms with Gasteiger partial charge in [-0.2, -0.15) is 5.26 Å². The number of nitriles is 1. The predicted molar refractivity (Wildman–Crippen MR) is 109 cm³/mol. The zero-order valence-corrected chi connectivity index (χ0v) is 16.7. The third kappa shape index (κ3) is 5.80. The Bertz CT molecular complexity index is 1070. The van der Waals surface area contributed by atoms with Gasteiger partial charge in [-0.15, -0.1) is 0 Å². The molecular formula is C20H16ClN3O6. The molecule has 0 fully saturated rings. The number of rotatable bonds is 7. The molecule has 0 bridgehead atoms. The molecule has 9 nitrogen and oxygen atoms in total. The maximum absolute atomic E-state index is 12.5. The van der Waals surface area contributed by atoms with E-state index in [1.807, 2.05) is 0 Å². The average molecular weight is 430 g/mol. The molecular weight excluding hydrogens is 414 g/mol. The van der Waals surface area contributed by atoms with Crippen molar-refractivity contribution in [2.24, 2.45) is 0 Å². The number of nitro benzene ring substituents is 1. The molecule has 0 saturated carbocycles. The van der Waals surface area contributed by atoms with Crippen LogP contribution in [0.5, 0.6) is 11.5 Å². The molecule has 0 aliphatic rings. The van der Waals surface area contributed by atoms with Gasteiger partial charge in [0, 0.05) is 18.0 Å². The second-order valence-electron chi connectivity index (χ2n) is 5.78. The Morgan fingerprint density at radius 1 is 1.27 bits per heavy atom. The van der Waals surface area contributed by atoms with Crippen molar-refractivity contribution in [1.29, 1.82) is 5.26 Å². The molecule has 0 heterocycles. The fraction of sp³-hybridized carbons (Fsp3) is 0.150. The lowest BCUT2D eigenvalue weighted by atomic mass is 10.1.